The number of ether oxygens (including phenoxy) is 1. The third kappa shape index (κ3) is 14.5. The van der Waals surface area contributed by atoms with E-state index in [9.17, 15) is 42.3 Å². The number of rotatable bonds is 11. The quantitative estimate of drug-likeness (QED) is 0.0839. The van der Waals surface area contributed by atoms with Crippen molar-refractivity contribution in [3.8, 4) is 11.1 Å². The van der Waals surface area contributed by atoms with Gasteiger partial charge in [0, 0.05) is 54.7 Å². The number of benzene rings is 3. The fourth-order valence-corrected chi connectivity index (χ4v) is 7.33. The first kappa shape index (κ1) is 47.4. The molecule has 1 atom stereocenters. The second-order valence-corrected chi connectivity index (χ2v) is 16.6. The number of amides is 5. The molecule has 2 aliphatic rings. The molecule has 338 valence electrons. The molecule has 0 bridgehead atoms. The minimum Gasteiger partial charge on any atom is -0.475 e. The summed E-state index contributed by atoms with van der Waals surface area (Å²) in [5.74, 6) is -3.51. The van der Waals surface area contributed by atoms with E-state index in [1.54, 1.807) is 30.5 Å². The van der Waals surface area contributed by atoms with Crippen LogP contribution in [0.1, 0.15) is 75.2 Å². The third-order valence-electron chi connectivity index (χ3n) is 10.7. The van der Waals surface area contributed by atoms with Crippen molar-refractivity contribution >= 4 is 52.5 Å². The number of piperidine rings is 1. The Balaban J connectivity index is 0.000000985. The van der Waals surface area contributed by atoms with E-state index >= 15 is 0 Å². The summed E-state index contributed by atoms with van der Waals surface area (Å²) < 4.78 is 37.1. The van der Waals surface area contributed by atoms with Gasteiger partial charge in [-0.05, 0) is 112 Å². The van der Waals surface area contributed by atoms with Crippen molar-refractivity contribution in [2.75, 3.05) is 25.0 Å². The number of nitrogens with one attached hydrogen (secondary N) is 5. The summed E-state index contributed by atoms with van der Waals surface area (Å²) in [5, 5.41) is 36.1. The monoisotopic (exact) mass is 879 g/mol. The Kier molecular flexibility index (Phi) is 15.8. The van der Waals surface area contributed by atoms with Crippen molar-refractivity contribution in [2.45, 2.75) is 89.6 Å². The minimum absolute atomic E-state index is 0.0865. The first-order valence-corrected chi connectivity index (χ1v) is 20.5. The Morgan fingerprint density at radius 2 is 1.54 bits per heavy atom. The number of H-pyrrole nitrogens is 1. The molecule has 2 heterocycles. The van der Waals surface area contributed by atoms with Gasteiger partial charge in [-0.25, -0.2) is 14.4 Å². The first-order chi connectivity index (χ1) is 29.7. The molecule has 2 fully saturated rings. The SMILES string of the molecule is CC(C)(C)OC(=O)NCC1CCC(C(=O)N[C@@H](Cc2cccc(-c3ccc(C(=O)NC4CCN(C(=O)O)CC4)cc3)c2)C(=O)Nc2ccc3cn[nH]c3c2)CC1.O=C(O)C(F)(F)F. The molecule has 1 saturated heterocycles. The third-order valence-corrected chi connectivity index (χ3v) is 10.7. The van der Waals surface area contributed by atoms with Crippen LogP contribution in [-0.2, 0) is 25.5 Å². The summed E-state index contributed by atoms with van der Waals surface area (Å²) >= 11 is 0. The number of carboxylic acids is 1. The Hall–Kier alpha value is -6.66. The number of fused-ring (bicyclic) bond motifs is 1. The van der Waals surface area contributed by atoms with E-state index in [4.69, 9.17) is 14.6 Å². The molecule has 7 N–H and O–H groups in total. The fraction of sp³-hybridized carbons (Fsp3) is 0.432. The minimum atomic E-state index is -5.08. The molecule has 1 aliphatic heterocycles. The molecule has 4 aromatic rings. The molecule has 19 heteroatoms. The maximum Gasteiger partial charge on any atom is 0.490 e. The van der Waals surface area contributed by atoms with Gasteiger partial charge in [-0.15, -0.1) is 0 Å². The topological polar surface area (TPSA) is 232 Å². The van der Waals surface area contributed by atoms with Gasteiger partial charge in [-0.1, -0.05) is 36.4 Å². The van der Waals surface area contributed by atoms with Gasteiger partial charge in [-0.3, -0.25) is 19.5 Å². The highest BCUT2D eigenvalue weighted by atomic mass is 19.4. The number of carbonyl (C=O) groups excluding carboxylic acids is 4. The molecule has 3 aromatic carbocycles. The van der Waals surface area contributed by atoms with Crippen LogP contribution >= 0.6 is 0 Å². The smallest absolute Gasteiger partial charge is 0.475 e. The lowest BCUT2D eigenvalue weighted by molar-refractivity contribution is -0.192. The van der Waals surface area contributed by atoms with Crippen molar-refractivity contribution in [1.29, 1.82) is 0 Å². The molecule has 1 saturated carbocycles. The van der Waals surface area contributed by atoms with Crippen molar-refractivity contribution < 1.29 is 56.9 Å². The second kappa shape index (κ2) is 20.9. The molecule has 1 aliphatic carbocycles. The number of alkyl carbamates (subject to hydrolysis) is 1. The molecular weight excluding hydrogens is 828 g/mol. The number of carboxylic acid groups (broad SMARTS) is 2. The molecule has 6 rings (SSSR count). The highest BCUT2D eigenvalue weighted by Gasteiger charge is 2.38. The molecule has 0 radical (unpaired) electrons. The van der Waals surface area contributed by atoms with Gasteiger partial charge in [0.15, 0.2) is 0 Å². The summed E-state index contributed by atoms with van der Waals surface area (Å²) in [6, 6.07) is 19.6. The van der Waals surface area contributed by atoms with Crippen LogP contribution in [0.25, 0.3) is 22.0 Å². The van der Waals surface area contributed by atoms with E-state index in [1.807, 2.05) is 63.2 Å². The van der Waals surface area contributed by atoms with Gasteiger partial charge in [0.25, 0.3) is 5.91 Å². The average molecular weight is 880 g/mol. The number of hydrogen-bond donors (Lipinski definition) is 7. The maximum absolute atomic E-state index is 13.9. The van der Waals surface area contributed by atoms with Gasteiger partial charge in [0.05, 0.1) is 11.7 Å². The lowest BCUT2D eigenvalue weighted by atomic mass is 9.81. The molecule has 0 spiro atoms. The van der Waals surface area contributed by atoms with Crippen LogP contribution in [0.3, 0.4) is 0 Å². The van der Waals surface area contributed by atoms with Crippen molar-refractivity contribution in [1.82, 2.24) is 31.0 Å². The Labute approximate surface area is 361 Å². The zero-order valence-corrected chi connectivity index (χ0v) is 35.1. The number of alkyl halides is 3. The van der Waals surface area contributed by atoms with Gasteiger partial charge < -0.3 is 41.1 Å². The van der Waals surface area contributed by atoms with E-state index < -0.39 is 36.0 Å². The Morgan fingerprint density at radius 3 is 2.16 bits per heavy atom. The van der Waals surface area contributed by atoms with Crippen LogP contribution in [0.5, 0.6) is 0 Å². The van der Waals surface area contributed by atoms with Crippen LogP contribution in [0.4, 0.5) is 28.4 Å². The number of carbonyl (C=O) groups is 6. The molecule has 63 heavy (non-hydrogen) atoms. The molecule has 1 aromatic heterocycles. The van der Waals surface area contributed by atoms with E-state index in [-0.39, 0.29) is 42.0 Å². The van der Waals surface area contributed by atoms with Crippen LogP contribution in [0.15, 0.2) is 72.9 Å². The predicted molar refractivity (Wildman–Crippen MR) is 226 cm³/mol. The van der Waals surface area contributed by atoms with Crippen molar-refractivity contribution in [3.63, 3.8) is 0 Å². The number of halogens is 3. The highest BCUT2D eigenvalue weighted by Crippen LogP contribution is 2.29. The molecule has 5 amide bonds. The van der Waals surface area contributed by atoms with Crippen LogP contribution in [-0.4, -0.2) is 105 Å². The number of aliphatic carboxylic acids is 1. The lowest BCUT2D eigenvalue weighted by Gasteiger charge is -2.30. The standard InChI is InChI=1S/C42H51N7O7.C2HF3O2/c1-42(2,3)56-40(53)43-24-26-7-9-29(10-8-26)38(51)47-36(39(52)46-34-16-15-32-25-44-48-35(32)23-34)22-27-5-4-6-31(21-27)28-11-13-30(14-12-28)37(50)45-33-17-19-49(20-18-33)41(54)55;3-2(4,5)1(6)7/h4-6,11-16,21,23,25-26,29,33,36H,7-10,17-20,22,24H2,1-3H3,(H,43,53)(H,44,48)(H,45,50)(H,46,52)(H,47,51)(H,54,55);(H,6,7)/t26?,29?,36-;/m0./s1. The number of aromatic nitrogens is 2. The number of likely N-dealkylation sites (tertiary alicyclic amines) is 1. The lowest BCUT2D eigenvalue weighted by Crippen LogP contribution is -2.48. The highest BCUT2D eigenvalue weighted by molar-refractivity contribution is 5.99. The largest absolute Gasteiger partial charge is 0.490 e. The summed E-state index contributed by atoms with van der Waals surface area (Å²) in [4.78, 5) is 74.2. The number of nitrogens with zero attached hydrogens (tertiary/aromatic N) is 2. The summed E-state index contributed by atoms with van der Waals surface area (Å²) in [6.45, 7) is 6.72. The van der Waals surface area contributed by atoms with Crippen molar-refractivity contribution in [3.05, 3.63) is 84.1 Å². The average Bonchev–Trinajstić information content (AvgIpc) is 3.71. The fourth-order valence-electron chi connectivity index (χ4n) is 7.33. The van der Waals surface area contributed by atoms with Crippen LogP contribution in [0.2, 0.25) is 0 Å². The van der Waals surface area contributed by atoms with E-state index in [1.165, 1.54) is 4.90 Å². The zero-order valence-electron chi connectivity index (χ0n) is 35.1. The number of hydrogen-bond acceptors (Lipinski definition) is 8. The normalized spacial score (nSPS) is 17.3. The van der Waals surface area contributed by atoms with Crippen molar-refractivity contribution in [2.24, 2.45) is 11.8 Å². The Morgan fingerprint density at radius 1 is 0.873 bits per heavy atom. The summed E-state index contributed by atoms with van der Waals surface area (Å²) in [6.07, 6.45) is -0.568. The van der Waals surface area contributed by atoms with Gasteiger partial charge in [-0.2, -0.15) is 18.3 Å². The van der Waals surface area contributed by atoms with E-state index in [0.29, 0.717) is 56.6 Å². The van der Waals surface area contributed by atoms with Gasteiger partial charge in [0.1, 0.15) is 11.6 Å². The first-order valence-electron chi connectivity index (χ1n) is 20.5. The van der Waals surface area contributed by atoms with Gasteiger partial charge >= 0.3 is 24.3 Å². The van der Waals surface area contributed by atoms with Crippen LogP contribution in [0, 0.1) is 11.8 Å². The Bertz CT molecular complexity index is 2240. The number of aromatic amines is 1. The predicted octanol–water partition coefficient (Wildman–Crippen LogP) is 6.73. The molecule has 16 nitrogen and oxygen atoms in total. The summed E-state index contributed by atoms with van der Waals surface area (Å²) in [5.41, 5.74) is 3.91. The van der Waals surface area contributed by atoms with E-state index in [0.717, 1.165) is 40.4 Å². The summed E-state index contributed by atoms with van der Waals surface area (Å²) in [7, 11) is 0. The second-order valence-electron chi connectivity index (χ2n) is 16.6. The van der Waals surface area contributed by atoms with Gasteiger partial charge in [0.2, 0.25) is 11.8 Å². The maximum atomic E-state index is 13.9. The zero-order chi connectivity index (χ0) is 45.9. The number of anilines is 1. The molecular formula is C44H52F3N7O9. The van der Waals surface area contributed by atoms with E-state index in [2.05, 4.69) is 31.5 Å². The molecule has 0 unspecified atom stereocenters. The van der Waals surface area contributed by atoms with Crippen LogP contribution < -0.4 is 21.3 Å².